The Kier molecular flexibility index (Phi) is 6.01. The molecule has 8 nitrogen and oxygen atoms in total. The van der Waals surface area contributed by atoms with E-state index in [-0.39, 0.29) is 37.0 Å². The number of nitrogens with zero attached hydrogens (tertiary/aromatic N) is 4. The van der Waals surface area contributed by atoms with E-state index in [1.807, 2.05) is 19.2 Å². The average Bonchev–Trinajstić information content (AvgIpc) is 3.31. The van der Waals surface area contributed by atoms with Gasteiger partial charge in [0.05, 0.1) is 30.7 Å². The van der Waals surface area contributed by atoms with E-state index in [0.717, 1.165) is 65.1 Å². The van der Waals surface area contributed by atoms with E-state index >= 15 is 0 Å². The van der Waals surface area contributed by atoms with Crippen LogP contribution in [0.15, 0.2) is 52.4 Å². The van der Waals surface area contributed by atoms with E-state index in [0.29, 0.717) is 6.54 Å². The first-order chi connectivity index (χ1) is 17.8. The van der Waals surface area contributed by atoms with Crippen LogP contribution in [0.2, 0.25) is 0 Å². The zero-order chi connectivity index (χ0) is 25.8. The van der Waals surface area contributed by atoms with E-state index in [9.17, 15) is 14.3 Å². The molecule has 1 fully saturated rings. The zero-order valence-electron chi connectivity index (χ0n) is 21.1. The minimum Gasteiger partial charge on any atom is -0.394 e. The van der Waals surface area contributed by atoms with Gasteiger partial charge in [0.1, 0.15) is 5.82 Å². The minimum absolute atomic E-state index is 0.0600. The number of hydrazone groups is 1. The quantitative estimate of drug-likeness (QED) is 0.545. The molecule has 0 spiro atoms. The van der Waals surface area contributed by atoms with E-state index in [4.69, 9.17) is 10.2 Å². The number of allylic oxidation sites excluding steroid dienone is 2. The summed E-state index contributed by atoms with van der Waals surface area (Å²) in [7, 11) is 3.70. The largest absolute Gasteiger partial charge is 0.394 e. The Hall–Kier alpha value is -3.27. The molecular weight excluding hydrogens is 473 g/mol. The lowest BCUT2D eigenvalue weighted by Gasteiger charge is -2.37. The SMILES string of the molecule is CN1C=C2C(=C(C3=C[C@H]4CC[C@@H](C3)N4CC(=O)N(C)CC(O)CO)C1)NN=C1C=Cc3cc(F)cc2c31. The molecule has 1 saturated heterocycles. The number of hydrogen-bond donors (Lipinski definition) is 3. The minimum atomic E-state index is -0.932. The van der Waals surface area contributed by atoms with E-state index < -0.39 is 6.10 Å². The Bertz CT molecular complexity index is 1310. The van der Waals surface area contributed by atoms with Crippen LogP contribution in [0.5, 0.6) is 0 Å². The fourth-order valence-electron chi connectivity index (χ4n) is 6.28. The number of nitrogens with one attached hydrogen (secondary N) is 1. The van der Waals surface area contributed by atoms with Crippen molar-refractivity contribution >= 4 is 23.3 Å². The van der Waals surface area contributed by atoms with Gasteiger partial charge in [0, 0.05) is 62.2 Å². The fraction of sp³-hybridized carbons (Fsp3) is 0.429. The number of benzene rings is 1. The van der Waals surface area contributed by atoms with Crippen LogP contribution in [0.4, 0.5) is 4.39 Å². The van der Waals surface area contributed by atoms with Crippen molar-refractivity contribution in [3.8, 4) is 0 Å². The molecule has 0 aromatic heterocycles. The molecule has 1 aromatic carbocycles. The molecule has 1 aliphatic carbocycles. The summed E-state index contributed by atoms with van der Waals surface area (Å²) in [6.07, 6.45) is 10.1. The lowest BCUT2D eigenvalue weighted by molar-refractivity contribution is -0.133. The number of aliphatic hydroxyl groups is 2. The summed E-state index contributed by atoms with van der Waals surface area (Å²) in [4.78, 5) is 18.7. The molecule has 1 unspecified atom stereocenters. The van der Waals surface area contributed by atoms with Crippen molar-refractivity contribution in [3.63, 3.8) is 0 Å². The number of hydrogen-bond acceptors (Lipinski definition) is 7. The highest BCUT2D eigenvalue weighted by molar-refractivity contribution is 6.20. The number of aliphatic hydroxyl groups excluding tert-OH is 2. The molecule has 3 atom stereocenters. The second-order valence-corrected chi connectivity index (χ2v) is 10.6. The third-order valence-electron chi connectivity index (χ3n) is 8.08. The van der Waals surface area contributed by atoms with Crippen LogP contribution in [-0.4, -0.2) is 95.1 Å². The summed E-state index contributed by atoms with van der Waals surface area (Å²) in [6, 6.07) is 3.57. The van der Waals surface area contributed by atoms with Crippen molar-refractivity contribution in [2.45, 2.75) is 37.5 Å². The molecule has 9 heteroatoms. The predicted molar refractivity (Wildman–Crippen MR) is 140 cm³/mol. The Morgan fingerprint density at radius 1 is 1.32 bits per heavy atom. The van der Waals surface area contributed by atoms with Crippen LogP contribution in [0.25, 0.3) is 11.6 Å². The summed E-state index contributed by atoms with van der Waals surface area (Å²) >= 11 is 0. The Balaban J connectivity index is 1.31. The first-order valence-electron chi connectivity index (χ1n) is 12.8. The molecule has 3 N–H and O–H groups in total. The van der Waals surface area contributed by atoms with Crippen molar-refractivity contribution in [1.29, 1.82) is 0 Å². The van der Waals surface area contributed by atoms with Gasteiger partial charge in [0.25, 0.3) is 0 Å². The number of fused-ring (bicyclic) bond motifs is 4. The van der Waals surface area contributed by atoms with Gasteiger partial charge < -0.3 is 20.0 Å². The van der Waals surface area contributed by atoms with Crippen LogP contribution < -0.4 is 5.43 Å². The van der Waals surface area contributed by atoms with Crippen molar-refractivity contribution in [3.05, 3.63) is 69.8 Å². The van der Waals surface area contributed by atoms with Crippen molar-refractivity contribution in [2.24, 2.45) is 5.10 Å². The number of rotatable bonds is 6. The average molecular weight is 506 g/mol. The standard InChI is InChI=1S/C28H32FN5O3/c1-32-12-23(28-24(13-32)22-10-18(29)7-16-3-6-25(27(16)22)30-31-28)17-8-19-4-5-20(9-17)34(19)14-26(37)33(2)11-21(36)15-35/h3,6-8,10,13,19-21,31,35-36H,4-5,9,11-12,14-15H2,1-2H3/t19-,20+,21?/m1/s1. The molecule has 1 amide bonds. The summed E-state index contributed by atoms with van der Waals surface area (Å²) in [5.41, 5.74) is 11.1. The third kappa shape index (κ3) is 4.21. The van der Waals surface area contributed by atoms with Crippen molar-refractivity contribution in [2.75, 3.05) is 40.3 Å². The Labute approximate surface area is 215 Å². The smallest absolute Gasteiger partial charge is 0.236 e. The number of carbonyl (C=O) groups is 1. The lowest BCUT2D eigenvalue weighted by atomic mass is 9.86. The van der Waals surface area contributed by atoms with Crippen LogP contribution in [0.3, 0.4) is 0 Å². The summed E-state index contributed by atoms with van der Waals surface area (Å²) < 4.78 is 14.6. The highest BCUT2D eigenvalue weighted by Crippen LogP contribution is 2.43. The number of likely N-dealkylation sites (N-methyl/N-ethyl adjacent to an activating group) is 2. The first-order valence-corrected chi connectivity index (χ1v) is 12.8. The van der Waals surface area contributed by atoms with Crippen LogP contribution in [0, 0.1) is 5.82 Å². The Morgan fingerprint density at radius 3 is 2.95 bits per heavy atom. The molecule has 4 heterocycles. The molecule has 0 saturated carbocycles. The highest BCUT2D eigenvalue weighted by atomic mass is 19.1. The topological polar surface area (TPSA) is 91.6 Å². The molecule has 37 heavy (non-hydrogen) atoms. The second-order valence-electron chi connectivity index (χ2n) is 10.6. The third-order valence-corrected chi connectivity index (χ3v) is 8.08. The number of halogens is 1. The monoisotopic (exact) mass is 505 g/mol. The maximum absolute atomic E-state index is 14.6. The van der Waals surface area contributed by atoms with E-state index in [1.165, 1.54) is 10.5 Å². The summed E-state index contributed by atoms with van der Waals surface area (Å²) in [5.74, 6) is -0.321. The van der Waals surface area contributed by atoms with Crippen LogP contribution in [-0.2, 0) is 4.79 Å². The van der Waals surface area contributed by atoms with Gasteiger partial charge in [-0.25, -0.2) is 4.39 Å². The van der Waals surface area contributed by atoms with Gasteiger partial charge >= 0.3 is 0 Å². The highest BCUT2D eigenvalue weighted by Gasteiger charge is 2.40. The van der Waals surface area contributed by atoms with Gasteiger partial charge in [0.2, 0.25) is 5.91 Å². The molecular formula is C28H32FN5O3. The maximum Gasteiger partial charge on any atom is 0.236 e. The zero-order valence-corrected chi connectivity index (χ0v) is 21.1. The van der Waals surface area contributed by atoms with Gasteiger partial charge in [-0.15, -0.1) is 0 Å². The molecule has 2 bridgehead atoms. The summed E-state index contributed by atoms with van der Waals surface area (Å²) in [5, 5.41) is 23.5. The molecule has 4 aliphatic heterocycles. The van der Waals surface area contributed by atoms with Crippen molar-refractivity contribution in [1.82, 2.24) is 20.1 Å². The van der Waals surface area contributed by atoms with Gasteiger partial charge in [0.15, 0.2) is 0 Å². The molecule has 5 aliphatic rings. The van der Waals surface area contributed by atoms with Crippen molar-refractivity contribution < 1.29 is 19.4 Å². The van der Waals surface area contributed by atoms with Gasteiger partial charge in [-0.2, -0.15) is 5.10 Å². The van der Waals surface area contributed by atoms with Gasteiger partial charge in [-0.3, -0.25) is 15.1 Å². The molecule has 6 rings (SSSR count). The number of carbonyl (C=O) groups excluding carboxylic acids is 1. The predicted octanol–water partition coefficient (Wildman–Crippen LogP) is 1.67. The van der Waals surface area contributed by atoms with Crippen LogP contribution >= 0.6 is 0 Å². The molecule has 1 aromatic rings. The molecule has 194 valence electrons. The van der Waals surface area contributed by atoms with E-state index in [1.54, 1.807) is 19.2 Å². The normalized spacial score (nSPS) is 24.6. The number of amides is 1. The van der Waals surface area contributed by atoms with Gasteiger partial charge in [-0.05, 0) is 54.2 Å². The second kappa shape index (κ2) is 9.24. The van der Waals surface area contributed by atoms with Gasteiger partial charge in [-0.1, -0.05) is 12.2 Å². The first kappa shape index (κ1) is 24.1. The maximum atomic E-state index is 14.6. The fourth-order valence-corrected chi connectivity index (χ4v) is 6.28. The lowest BCUT2D eigenvalue weighted by Crippen LogP contribution is -2.47. The molecule has 0 radical (unpaired) electrons. The van der Waals surface area contributed by atoms with Crippen LogP contribution in [0.1, 0.15) is 36.0 Å². The van der Waals surface area contributed by atoms with E-state index in [2.05, 4.69) is 27.5 Å². The Morgan fingerprint density at radius 2 is 2.16 bits per heavy atom. The summed E-state index contributed by atoms with van der Waals surface area (Å²) in [6.45, 7) is 0.758.